The number of hydrogen-bond donors (Lipinski definition) is 1. The van der Waals surface area contributed by atoms with Crippen LogP contribution in [-0.2, 0) is 26.7 Å². The number of benzene rings is 2. The number of carbonyl (C=O) groups excluding carboxylic acids is 1. The molecule has 186 valence electrons. The fourth-order valence-corrected chi connectivity index (χ4v) is 5.85. The average Bonchev–Trinajstić information content (AvgIpc) is 2.82. The highest BCUT2D eigenvalue weighted by Crippen LogP contribution is 2.30. The zero-order valence-electron chi connectivity index (χ0n) is 20.6. The van der Waals surface area contributed by atoms with Gasteiger partial charge in [-0.05, 0) is 48.3 Å². The first-order valence-corrected chi connectivity index (χ1v) is 13.8. The Hall–Kier alpha value is -2.38. The minimum Gasteiger partial charge on any atom is -0.491 e. The molecule has 1 fully saturated rings. The minimum absolute atomic E-state index is 0.0182. The molecule has 0 spiro atoms. The van der Waals surface area contributed by atoms with Gasteiger partial charge in [0.05, 0.1) is 12.3 Å². The normalized spacial score (nSPS) is 15.7. The zero-order valence-corrected chi connectivity index (χ0v) is 21.4. The number of amides is 1. The molecule has 34 heavy (non-hydrogen) atoms. The van der Waals surface area contributed by atoms with Crippen molar-refractivity contribution in [2.45, 2.75) is 51.9 Å². The van der Waals surface area contributed by atoms with E-state index in [9.17, 15) is 13.2 Å². The molecule has 1 saturated heterocycles. The number of piperidine rings is 1. The molecule has 0 unspecified atom stereocenters. The van der Waals surface area contributed by atoms with Crippen molar-refractivity contribution in [1.29, 1.82) is 0 Å². The number of carbonyl (C=O) groups is 1. The fourth-order valence-electron chi connectivity index (χ4n) is 4.32. The van der Waals surface area contributed by atoms with Crippen LogP contribution >= 0.6 is 0 Å². The predicted octanol–water partition coefficient (Wildman–Crippen LogP) is 4.15. The van der Waals surface area contributed by atoms with E-state index >= 15 is 0 Å². The van der Waals surface area contributed by atoms with Crippen molar-refractivity contribution < 1.29 is 17.9 Å². The summed E-state index contributed by atoms with van der Waals surface area (Å²) in [7, 11) is -3.29. The molecule has 1 heterocycles. The maximum atomic E-state index is 12.7. The van der Waals surface area contributed by atoms with Crippen molar-refractivity contribution in [3.8, 4) is 5.75 Å². The number of rotatable bonds is 10. The van der Waals surface area contributed by atoms with E-state index < -0.39 is 10.0 Å². The van der Waals surface area contributed by atoms with E-state index in [1.165, 1.54) is 0 Å². The highest BCUT2D eigenvalue weighted by atomic mass is 32.2. The summed E-state index contributed by atoms with van der Waals surface area (Å²) in [4.78, 5) is 12.6. The van der Waals surface area contributed by atoms with Gasteiger partial charge in [-0.15, -0.1) is 0 Å². The summed E-state index contributed by atoms with van der Waals surface area (Å²) in [6.07, 6.45) is 2.46. The Morgan fingerprint density at radius 2 is 1.68 bits per heavy atom. The number of sulfonamides is 1. The van der Waals surface area contributed by atoms with Gasteiger partial charge in [0, 0.05) is 19.0 Å². The van der Waals surface area contributed by atoms with Crippen LogP contribution in [0.25, 0.3) is 0 Å². The van der Waals surface area contributed by atoms with Crippen LogP contribution in [-0.4, -0.2) is 50.6 Å². The second-order valence-corrected chi connectivity index (χ2v) is 12.1. The van der Waals surface area contributed by atoms with Gasteiger partial charge < -0.3 is 10.1 Å². The Labute approximate surface area is 204 Å². The first-order valence-electron chi connectivity index (χ1n) is 12.2. The third-order valence-electron chi connectivity index (χ3n) is 6.28. The maximum absolute atomic E-state index is 12.7. The topological polar surface area (TPSA) is 75.7 Å². The highest BCUT2D eigenvalue weighted by Gasteiger charge is 2.30. The molecule has 0 atom stereocenters. The van der Waals surface area contributed by atoms with Crippen LogP contribution in [0.15, 0.2) is 54.6 Å². The van der Waals surface area contributed by atoms with Gasteiger partial charge in [-0.25, -0.2) is 12.7 Å². The number of aryl methyl sites for hydroxylation is 1. The molecule has 0 saturated carbocycles. The third-order valence-corrected chi connectivity index (χ3v) is 8.24. The average molecular weight is 487 g/mol. The molecular weight excluding hydrogens is 448 g/mol. The van der Waals surface area contributed by atoms with E-state index in [0.29, 0.717) is 45.5 Å². The SMILES string of the molecule is CC(C)(C)c1ccccc1OCCNC(=O)C1CCN(S(=O)(=O)CCCc2ccccc2)CC1. The second kappa shape index (κ2) is 11.8. The van der Waals surface area contributed by atoms with E-state index in [-0.39, 0.29) is 23.0 Å². The molecule has 1 aliphatic heterocycles. The lowest BCUT2D eigenvalue weighted by molar-refractivity contribution is -0.126. The van der Waals surface area contributed by atoms with Gasteiger partial charge >= 0.3 is 0 Å². The summed E-state index contributed by atoms with van der Waals surface area (Å²) in [5.74, 6) is 0.813. The van der Waals surface area contributed by atoms with Gasteiger partial charge in [-0.3, -0.25) is 4.79 Å². The number of nitrogens with zero attached hydrogens (tertiary/aromatic N) is 1. The van der Waals surface area contributed by atoms with Crippen LogP contribution in [0.5, 0.6) is 5.75 Å². The molecule has 7 heteroatoms. The largest absolute Gasteiger partial charge is 0.491 e. The third kappa shape index (κ3) is 7.57. The number of nitrogens with one attached hydrogen (secondary N) is 1. The zero-order chi connectivity index (χ0) is 24.6. The summed E-state index contributed by atoms with van der Waals surface area (Å²) < 4.78 is 32.9. The van der Waals surface area contributed by atoms with E-state index in [0.717, 1.165) is 23.3 Å². The predicted molar refractivity (Wildman–Crippen MR) is 136 cm³/mol. The fraction of sp³-hybridized carbons (Fsp3) is 0.519. The quantitative estimate of drug-likeness (QED) is 0.512. The minimum atomic E-state index is -3.29. The van der Waals surface area contributed by atoms with Gasteiger partial charge in [0.25, 0.3) is 0 Å². The maximum Gasteiger partial charge on any atom is 0.223 e. The van der Waals surface area contributed by atoms with Gasteiger partial charge in [0.2, 0.25) is 15.9 Å². The second-order valence-electron chi connectivity index (χ2n) is 9.96. The first-order chi connectivity index (χ1) is 16.2. The summed E-state index contributed by atoms with van der Waals surface area (Å²) >= 11 is 0. The summed E-state index contributed by atoms with van der Waals surface area (Å²) in [5.41, 5.74) is 2.27. The Kier molecular flexibility index (Phi) is 9.14. The number of para-hydroxylation sites is 1. The van der Waals surface area contributed by atoms with E-state index in [1.54, 1.807) is 4.31 Å². The standard InChI is InChI=1S/C27H38N2O4S/c1-27(2,3)24-13-7-8-14-25(24)33-20-17-28-26(30)23-15-18-29(19-16-23)34(31,32)21-9-12-22-10-5-4-6-11-22/h4-8,10-11,13-14,23H,9,12,15-21H2,1-3H3,(H,28,30). The lowest BCUT2D eigenvalue weighted by Crippen LogP contribution is -2.44. The van der Waals surface area contributed by atoms with E-state index in [4.69, 9.17) is 4.74 Å². The summed E-state index contributed by atoms with van der Waals surface area (Å²) in [6, 6.07) is 17.9. The highest BCUT2D eigenvalue weighted by molar-refractivity contribution is 7.89. The smallest absolute Gasteiger partial charge is 0.223 e. The summed E-state index contributed by atoms with van der Waals surface area (Å²) in [5, 5.41) is 2.95. The first kappa shape index (κ1) is 26.2. The Morgan fingerprint density at radius 3 is 2.35 bits per heavy atom. The molecule has 1 aliphatic rings. The van der Waals surface area contributed by atoms with Gasteiger partial charge in [-0.2, -0.15) is 0 Å². The van der Waals surface area contributed by atoms with Crippen LogP contribution in [0, 0.1) is 5.92 Å². The summed E-state index contributed by atoms with van der Waals surface area (Å²) in [6.45, 7) is 8.07. The molecule has 3 rings (SSSR count). The molecule has 1 amide bonds. The molecule has 1 N–H and O–H groups in total. The van der Waals surface area contributed by atoms with Gasteiger partial charge in [0.1, 0.15) is 12.4 Å². The monoisotopic (exact) mass is 486 g/mol. The van der Waals surface area contributed by atoms with Crippen molar-refractivity contribution in [2.75, 3.05) is 32.0 Å². The van der Waals surface area contributed by atoms with Crippen LogP contribution in [0.2, 0.25) is 0 Å². The van der Waals surface area contributed by atoms with Crippen molar-refractivity contribution >= 4 is 15.9 Å². The Bertz CT molecular complexity index is 1020. The Morgan fingerprint density at radius 1 is 1.03 bits per heavy atom. The van der Waals surface area contributed by atoms with Crippen molar-refractivity contribution in [1.82, 2.24) is 9.62 Å². The number of ether oxygens (including phenoxy) is 1. The van der Waals surface area contributed by atoms with Gasteiger partial charge in [0.15, 0.2) is 0 Å². The van der Waals surface area contributed by atoms with Crippen molar-refractivity contribution in [2.24, 2.45) is 5.92 Å². The van der Waals surface area contributed by atoms with Crippen molar-refractivity contribution in [3.63, 3.8) is 0 Å². The lowest BCUT2D eigenvalue weighted by atomic mass is 9.86. The van der Waals surface area contributed by atoms with Crippen molar-refractivity contribution in [3.05, 3.63) is 65.7 Å². The van der Waals surface area contributed by atoms with Gasteiger partial charge in [-0.1, -0.05) is 69.3 Å². The van der Waals surface area contributed by atoms with E-state index in [2.05, 4.69) is 32.2 Å². The lowest BCUT2D eigenvalue weighted by Gasteiger charge is -2.30. The van der Waals surface area contributed by atoms with Crippen LogP contribution in [0.4, 0.5) is 0 Å². The molecule has 0 aromatic heterocycles. The molecule has 6 nitrogen and oxygen atoms in total. The Balaban J connectivity index is 1.37. The molecule has 0 radical (unpaired) electrons. The molecular formula is C27H38N2O4S. The van der Waals surface area contributed by atoms with Crippen LogP contribution in [0.3, 0.4) is 0 Å². The van der Waals surface area contributed by atoms with E-state index in [1.807, 2.05) is 48.5 Å². The molecule has 2 aromatic carbocycles. The number of hydrogen-bond acceptors (Lipinski definition) is 4. The van der Waals surface area contributed by atoms with Crippen LogP contribution in [0.1, 0.15) is 51.2 Å². The molecule has 0 bridgehead atoms. The molecule has 0 aliphatic carbocycles. The molecule has 2 aromatic rings. The van der Waals surface area contributed by atoms with Crippen LogP contribution < -0.4 is 10.1 Å².